The molecule has 0 unspecified atom stereocenters. The number of rotatable bonds is 8. The molecule has 190 valence electrons. The number of carbonyl (C=O) groups is 1. The van der Waals surface area contributed by atoms with E-state index in [9.17, 15) is 31.1 Å². The van der Waals surface area contributed by atoms with Crippen LogP contribution in [0.15, 0.2) is 48.7 Å². The molecule has 1 N–H and O–H groups in total. The van der Waals surface area contributed by atoms with E-state index in [1.807, 2.05) is 0 Å². The van der Waals surface area contributed by atoms with Crippen LogP contribution < -0.4 is 10.1 Å². The molecule has 0 bridgehead atoms. The average molecular weight is 513 g/mol. The predicted molar refractivity (Wildman–Crippen MR) is 114 cm³/mol. The van der Waals surface area contributed by atoms with Gasteiger partial charge in [-0.2, -0.15) is 18.2 Å². The number of anilines is 2. The van der Waals surface area contributed by atoms with Gasteiger partial charge in [-0.3, -0.25) is 0 Å². The lowest BCUT2D eigenvalue weighted by Gasteiger charge is -2.15. The number of esters is 1. The Kier molecular flexibility index (Phi) is 8.02. The van der Waals surface area contributed by atoms with E-state index in [0.717, 1.165) is 19.4 Å². The zero-order valence-electron chi connectivity index (χ0n) is 18.6. The first-order valence-electron chi connectivity index (χ1n) is 9.94. The van der Waals surface area contributed by atoms with E-state index < -0.39 is 52.8 Å². The molecule has 36 heavy (non-hydrogen) atoms. The summed E-state index contributed by atoms with van der Waals surface area (Å²) < 4.78 is 95.9. The van der Waals surface area contributed by atoms with E-state index in [-0.39, 0.29) is 12.2 Å². The van der Waals surface area contributed by atoms with E-state index in [0.29, 0.717) is 23.3 Å². The monoisotopic (exact) mass is 513 g/mol. The fourth-order valence-corrected chi connectivity index (χ4v) is 2.95. The van der Waals surface area contributed by atoms with Gasteiger partial charge in [0.05, 0.1) is 26.2 Å². The average Bonchev–Trinajstić information content (AvgIpc) is 2.85. The maximum atomic E-state index is 14.0. The molecule has 0 spiro atoms. The quantitative estimate of drug-likeness (QED) is 0.142. The van der Waals surface area contributed by atoms with Crippen LogP contribution in [0.2, 0.25) is 0 Å². The highest BCUT2D eigenvalue weighted by Gasteiger charge is 2.34. The molecule has 1 aromatic heterocycles. The highest BCUT2D eigenvalue weighted by atomic mass is 19.4. The number of halogens is 6. The predicted octanol–water partition coefficient (Wildman–Crippen LogP) is 5.40. The van der Waals surface area contributed by atoms with Crippen LogP contribution in [0.3, 0.4) is 0 Å². The van der Waals surface area contributed by atoms with Crippen LogP contribution in [0, 0.1) is 17.5 Å². The van der Waals surface area contributed by atoms with Gasteiger partial charge in [0.25, 0.3) is 0 Å². The minimum Gasteiger partial charge on any atom is -0.503 e. The number of methoxy groups -OCH3 is 2. The number of nitrogens with zero attached hydrogens (tertiary/aromatic N) is 2. The summed E-state index contributed by atoms with van der Waals surface area (Å²) in [6, 6.07) is 8.14. The van der Waals surface area contributed by atoms with Crippen LogP contribution in [0.1, 0.15) is 16.8 Å². The molecule has 0 atom stereocenters. The third kappa shape index (κ3) is 6.03. The Morgan fingerprint density at radius 1 is 1.03 bits per heavy atom. The smallest absolute Gasteiger partial charge is 0.433 e. The van der Waals surface area contributed by atoms with Crippen molar-refractivity contribution in [1.82, 2.24) is 9.97 Å². The third-order valence-electron chi connectivity index (χ3n) is 4.60. The molecule has 2 aromatic carbocycles. The van der Waals surface area contributed by atoms with Gasteiger partial charge in [0.2, 0.25) is 11.8 Å². The topological polar surface area (TPSA) is 82.6 Å². The van der Waals surface area contributed by atoms with Crippen LogP contribution >= 0.6 is 0 Å². The van der Waals surface area contributed by atoms with Gasteiger partial charge in [0.1, 0.15) is 12.2 Å². The molecule has 0 amide bonds. The van der Waals surface area contributed by atoms with Crippen molar-refractivity contribution in [3.05, 3.63) is 83.0 Å². The number of alkyl halides is 3. The zero-order valence-corrected chi connectivity index (χ0v) is 18.6. The van der Waals surface area contributed by atoms with Gasteiger partial charge in [0.15, 0.2) is 23.1 Å². The molecule has 0 saturated carbocycles. The first kappa shape index (κ1) is 26.3. The largest absolute Gasteiger partial charge is 0.503 e. The van der Waals surface area contributed by atoms with Crippen LogP contribution in [-0.4, -0.2) is 30.2 Å². The lowest BCUT2D eigenvalue weighted by atomic mass is 10.0. The molecule has 0 radical (unpaired) electrons. The molecule has 0 saturated heterocycles. The molecule has 0 aliphatic heterocycles. The summed E-state index contributed by atoms with van der Waals surface area (Å²) in [5, 5.41) is 2.09. The summed E-state index contributed by atoms with van der Waals surface area (Å²) in [6.45, 7) is -0.360. The summed E-state index contributed by atoms with van der Waals surface area (Å²) in [6.07, 6.45) is -3.81. The Hall–Kier alpha value is -4.29. The Labute approximate surface area is 200 Å². The normalized spacial score (nSPS) is 11.7. The standard InChI is InChI=1S/C23H17F6N3O4/c1-34-11-14(21(33)35-2)13-6-4-3-5-12(13)10-36-18-9-17(23(27,28)29)31-22(32-18)30-16-8-7-15(24)19(25)20(16)26/h3-9,11H,10H2,1-2H3,(H,30,31,32)/b14-11+. The fraction of sp³-hybridized carbons (Fsp3) is 0.174. The Morgan fingerprint density at radius 2 is 1.75 bits per heavy atom. The van der Waals surface area contributed by atoms with Crippen molar-refractivity contribution in [2.45, 2.75) is 12.8 Å². The number of aromatic nitrogens is 2. The number of hydrogen-bond acceptors (Lipinski definition) is 7. The molecule has 13 heteroatoms. The van der Waals surface area contributed by atoms with Gasteiger partial charge < -0.3 is 19.5 Å². The second-order valence-electron chi connectivity index (χ2n) is 6.97. The van der Waals surface area contributed by atoms with E-state index in [4.69, 9.17) is 14.2 Å². The summed E-state index contributed by atoms with van der Waals surface area (Å²) in [4.78, 5) is 19.1. The summed E-state index contributed by atoms with van der Waals surface area (Å²) >= 11 is 0. The van der Waals surface area contributed by atoms with Crippen molar-refractivity contribution >= 4 is 23.2 Å². The fourth-order valence-electron chi connectivity index (χ4n) is 2.95. The molecule has 3 rings (SSSR count). The van der Waals surface area contributed by atoms with Crippen molar-refractivity contribution in [3.8, 4) is 5.88 Å². The van der Waals surface area contributed by atoms with E-state index in [1.165, 1.54) is 7.11 Å². The first-order chi connectivity index (χ1) is 17.0. The maximum Gasteiger partial charge on any atom is 0.433 e. The minimum atomic E-state index is -4.94. The van der Waals surface area contributed by atoms with Crippen LogP contribution in [0.25, 0.3) is 5.57 Å². The first-order valence-corrected chi connectivity index (χ1v) is 9.94. The van der Waals surface area contributed by atoms with Crippen molar-refractivity contribution in [1.29, 1.82) is 0 Å². The van der Waals surface area contributed by atoms with E-state index >= 15 is 0 Å². The molecule has 3 aromatic rings. The van der Waals surface area contributed by atoms with Crippen molar-refractivity contribution in [2.75, 3.05) is 19.5 Å². The van der Waals surface area contributed by atoms with Crippen LogP contribution in [0.4, 0.5) is 38.0 Å². The number of nitrogens with one attached hydrogen (secondary N) is 1. The lowest BCUT2D eigenvalue weighted by molar-refractivity contribution is -0.141. The highest BCUT2D eigenvalue weighted by molar-refractivity contribution is 6.16. The Morgan fingerprint density at radius 3 is 2.42 bits per heavy atom. The van der Waals surface area contributed by atoms with Crippen LogP contribution in [0.5, 0.6) is 5.88 Å². The Bertz CT molecular complexity index is 1300. The summed E-state index contributed by atoms with van der Waals surface area (Å²) in [5.74, 6) is -7.08. The summed E-state index contributed by atoms with van der Waals surface area (Å²) in [5.41, 5.74) is -1.44. The summed E-state index contributed by atoms with van der Waals surface area (Å²) in [7, 11) is 2.47. The second kappa shape index (κ2) is 11.0. The van der Waals surface area contributed by atoms with Crippen molar-refractivity contribution in [2.24, 2.45) is 0 Å². The minimum absolute atomic E-state index is 0.0223. The molecule has 0 fully saturated rings. The molecule has 0 aliphatic rings. The van der Waals surface area contributed by atoms with Gasteiger partial charge in [-0.1, -0.05) is 24.3 Å². The van der Waals surface area contributed by atoms with Crippen LogP contribution in [-0.2, 0) is 27.1 Å². The van der Waals surface area contributed by atoms with E-state index in [2.05, 4.69) is 15.3 Å². The van der Waals surface area contributed by atoms with Gasteiger partial charge >= 0.3 is 12.1 Å². The van der Waals surface area contributed by atoms with E-state index in [1.54, 1.807) is 24.3 Å². The number of carbonyl (C=O) groups excluding carboxylic acids is 1. The number of benzene rings is 2. The Balaban J connectivity index is 1.95. The molecule has 1 heterocycles. The highest BCUT2D eigenvalue weighted by Crippen LogP contribution is 2.32. The number of hydrogen-bond donors (Lipinski definition) is 1. The SMILES string of the molecule is CO/C=C(/C(=O)OC)c1ccccc1COc1cc(C(F)(F)F)nc(Nc2ccc(F)c(F)c2F)n1. The van der Waals surface area contributed by atoms with Gasteiger partial charge in [-0.05, 0) is 23.3 Å². The third-order valence-corrected chi connectivity index (χ3v) is 4.60. The van der Waals surface area contributed by atoms with Gasteiger partial charge in [-0.15, -0.1) is 0 Å². The second-order valence-corrected chi connectivity index (χ2v) is 6.97. The maximum absolute atomic E-state index is 14.0. The van der Waals surface area contributed by atoms with Gasteiger partial charge in [0, 0.05) is 6.07 Å². The van der Waals surface area contributed by atoms with Crippen molar-refractivity contribution < 1.29 is 45.3 Å². The molecule has 0 aliphatic carbocycles. The molecule has 7 nitrogen and oxygen atoms in total. The lowest BCUT2D eigenvalue weighted by Crippen LogP contribution is -2.13. The number of ether oxygens (including phenoxy) is 3. The molecular weight excluding hydrogens is 496 g/mol. The zero-order chi connectivity index (χ0) is 26.5. The molecular formula is C23H17F6N3O4. The van der Waals surface area contributed by atoms with Gasteiger partial charge in [-0.25, -0.2) is 22.9 Å². The van der Waals surface area contributed by atoms with Crippen molar-refractivity contribution in [3.63, 3.8) is 0 Å².